The Morgan fingerprint density at radius 3 is 2.67 bits per heavy atom. The molecular weight excluding hydrogens is 270 g/mol. The van der Waals surface area contributed by atoms with Gasteiger partial charge in [0.15, 0.2) is 0 Å². The largest absolute Gasteiger partial charge is 0.314 e. The lowest BCUT2D eigenvalue weighted by Crippen LogP contribution is -2.35. The summed E-state index contributed by atoms with van der Waals surface area (Å²) in [5, 5.41) is 5.71. The molecule has 0 aromatic carbocycles. The van der Waals surface area contributed by atoms with E-state index in [4.69, 9.17) is 0 Å². The lowest BCUT2D eigenvalue weighted by atomic mass is 9.95. The first-order chi connectivity index (χ1) is 7.17. The maximum atomic E-state index is 3.55. The molecule has 15 heavy (non-hydrogen) atoms. The average Bonchev–Trinajstić information content (AvgIpc) is 2.60. The van der Waals surface area contributed by atoms with Crippen LogP contribution in [0.25, 0.3) is 0 Å². The molecule has 1 aromatic rings. The average molecular weight is 290 g/mol. The van der Waals surface area contributed by atoms with Gasteiger partial charge in [-0.2, -0.15) is 0 Å². The number of hydrogen-bond donors (Lipinski definition) is 1. The summed E-state index contributed by atoms with van der Waals surface area (Å²) in [6.45, 7) is 7.84. The number of rotatable bonds is 6. The molecule has 1 rings (SSSR count). The summed E-state index contributed by atoms with van der Waals surface area (Å²) in [5.74, 6) is 0.709. The lowest BCUT2D eigenvalue weighted by Gasteiger charge is -2.22. The Hall–Kier alpha value is 0.140. The molecule has 0 saturated carbocycles. The van der Waals surface area contributed by atoms with Crippen LogP contribution in [0.4, 0.5) is 0 Å². The van der Waals surface area contributed by atoms with E-state index in [2.05, 4.69) is 53.5 Å². The fraction of sp³-hybridized carbons (Fsp3) is 0.667. The number of thiophene rings is 1. The molecule has 3 heteroatoms. The van der Waals surface area contributed by atoms with Gasteiger partial charge in [0, 0.05) is 20.8 Å². The molecule has 1 aromatic heterocycles. The van der Waals surface area contributed by atoms with Crippen LogP contribution in [-0.4, -0.2) is 12.6 Å². The SMILES string of the molecule is CCNC(CC)C(C)Cc1cc(Br)cs1. The van der Waals surface area contributed by atoms with Crippen molar-refractivity contribution in [1.82, 2.24) is 5.32 Å². The molecule has 0 fully saturated rings. The van der Waals surface area contributed by atoms with Crippen molar-refractivity contribution in [3.05, 3.63) is 20.8 Å². The third kappa shape index (κ3) is 4.25. The molecule has 1 nitrogen and oxygen atoms in total. The predicted octanol–water partition coefficient (Wildman–Crippen LogP) is 4.08. The van der Waals surface area contributed by atoms with E-state index < -0.39 is 0 Å². The van der Waals surface area contributed by atoms with E-state index in [1.165, 1.54) is 22.2 Å². The molecule has 2 unspecified atom stereocenters. The summed E-state index contributed by atoms with van der Waals surface area (Å²) in [5.41, 5.74) is 0. The van der Waals surface area contributed by atoms with Gasteiger partial charge in [0.05, 0.1) is 0 Å². The monoisotopic (exact) mass is 289 g/mol. The van der Waals surface area contributed by atoms with Crippen LogP contribution in [-0.2, 0) is 6.42 Å². The minimum Gasteiger partial charge on any atom is -0.314 e. The van der Waals surface area contributed by atoms with E-state index in [0.717, 1.165) is 6.54 Å². The van der Waals surface area contributed by atoms with E-state index in [1.807, 2.05) is 11.3 Å². The van der Waals surface area contributed by atoms with Crippen molar-refractivity contribution in [1.29, 1.82) is 0 Å². The van der Waals surface area contributed by atoms with Crippen molar-refractivity contribution in [2.24, 2.45) is 5.92 Å². The number of halogens is 1. The summed E-state index contributed by atoms with van der Waals surface area (Å²) in [4.78, 5) is 1.48. The van der Waals surface area contributed by atoms with Gasteiger partial charge in [0.1, 0.15) is 0 Å². The Labute approximate surface area is 105 Å². The zero-order valence-corrected chi connectivity index (χ0v) is 12.1. The van der Waals surface area contributed by atoms with E-state index in [-0.39, 0.29) is 0 Å². The van der Waals surface area contributed by atoms with E-state index in [0.29, 0.717) is 12.0 Å². The van der Waals surface area contributed by atoms with Crippen LogP contribution >= 0.6 is 27.3 Å². The third-order valence-corrected chi connectivity index (χ3v) is 4.46. The van der Waals surface area contributed by atoms with E-state index >= 15 is 0 Å². The molecule has 2 atom stereocenters. The minimum absolute atomic E-state index is 0.649. The first-order valence-electron chi connectivity index (χ1n) is 5.63. The van der Waals surface area contributed by atoms with Crippen molar-refractivity contribution < 1.29 is 0 Å². The van der Waals surface area contributed by atoms with Crippen LogP contribution in [0.3, 0.4) is 0 Å². The van der Waals surface area contributed by atoms with Crippen molar-refractivity contribution in [3.63, 3.8) is 0 Å². The second-order valence-electron chi connectivity index (χ2n) is 3.99. The molecule has 86 valence electrons. The van der Waals surface area contributed by atoms with E-state index in [9.17, 15) is 0 Å². The summed E-state index contributed by atoms with van der Waals surface area (Å²) in [6, 6.07) is 2.88. The van der Waals surface area contributed by atoms with Crippen molar-refractivity contribution in [3.8, 4) is 0 Å². The van der Waals surface area contributed by atoms with Crippen LogP contribution in [0.2, 0.25) is 0 Å². The molecule has 1 N–H and O–H groups in total. The third-order valence-electron chi connectivity index (χ3n) is 2.74. The highest BCUT2D eigenvalue weighted by molar-refractivity contribution is 9.10. The van der Waals surface area contributed by atoms with Gasteiger partial charge < -0.3 is 5.32 Å². The number of nitrogens with one attached hydrogen (secondary N) is 1. The van der Waals surface area contributed by atoms with Crippen LogP contribution in [0.5, 0.6) is 0 Å². The summed E-state index contributed by atoms with van der Waals surface area (Å²) >= 11 is 5.35. The second kappa shape index (κ2) is 6.66. The van der Waals surface area contributed by atoms with Crippen LogP contribution in [0.1, 0.15) is 32.1 Å². The molecule has 0 aliphatic carbocycles. The van der Waals surface area contributed by atoms with Crippen LogP contribution in [0, 0.1) is 5.92 Å². The minimum atomic E-state index is 0.649. The van der Waals surface area contributed by atoms with Crippen molar-refractivity contribution in [2.75, 3.05) is 6.54 Å². The quantitative estimate of drug-likeness (QED) is 0.832. The second-order valence-corrected chi connectivity index (χ2v) is 5.90. The van der Waals surface area contributed by atoms with Crippen LogP contribution < -0.4 is 5.32 Å². The standard InChI is InChI=1S/C12H20BrNS/c1-4-12(14-5-2)9(3)6-11-7-10(13)8-15-11/h7-9,12,14H,4-6H2,1-3H3. The van der Waals surface area contributed by atoms with Gasteiger partial charge in [0.25, 0.3) is 0 Å². The smallest absolute Gasteiger partial charge is 0.0285 e. The zero-order valence-electron chi connectivity index (χ0n) is 9.72. The van der Waals surface area contributed by atoms with Gasteiger partial charge >= 0.3 is 0 Å². The lowest BCUT2D eigenvalue weighted by molar-refractivity contribution is 0.372. The Morgan fingerprint density at radius 1 is 1.47 bits per heavy atom. The summed E-state index contributed by atoms with van der Waals surface area (Å²) in [7, 11) is 0. The molecule has 1 heterocycles. The Morgan fingerprint density at radius 2 is 2.20 bits per heavy atom. The highest BCUT2D eigenvalue weighted by atomic mass is 79.9. The molecule has 0 aliphatic heterocycles. The topological polar surface area (TPSA) is 12.0 Å². The van der Waals surface area contributed by atoms with Crippen LogP contribution in [0.15, 0.2) is 15.9 Å². The Balaban J connectivity index is 2.49. The molecule has 0 radical (unpaired) electrons. The van der Waals surface area contributed by atoms with Gasteiger partial charge in [-0.1, -0.05) is 20.8 Å². The maximum Gasteiger partial charge on any atom is 0.0285 e. The van der Waals surface area contributed by atoms with E-state index in [1.54, 1.807) is 0 Å². The molecule has 0 amide bonds. The molecule has 0 spiro atoms. The predicted molar refractivity (Wildman–Crippen MR) is 72.6 cm³/mol. The van der Waals surface area contributed by atoms with Crippen molar-refractivity contribution in [2.45, 2.75) is 39.7 Å². The molecule has 0 aliphatic rings. The highest BCUT2D eigenvalue weighted by Crippen LogP contribution is 2.23. The van der Waals surface area contributed by atoms with Gasteiger partial charge in [-0.05, 0) is 47.3 Å². The fourth-order valence-electron chi connectivity index (χ4n) is 1.93. The molecule has 0 saturated heterocycles. The Bertz CT molecular complexity index is 285. The van der Waals surface area contributed by atoms with Crippen molar-refractivity contribution >= 4 is 27.3 Å². The Kier molecular flexibility index (Phi) is 5.87. The fourth-order valence-corrected chi connectivity index (χ4v) is 3.52. The molecular formula is C12H20BrNS. The summed E-state index contributed by atoms with van der Waals surface area (Å²) < 4.78 is 1.21. The van der Waals surface area contributed by atoms with Gasteiger partial charge in [0.2, 0.25) is 0 Å². The highest BCUT2D eigenvalue weighted by Gasteiger charge is 2.15. The zero-order chi connectivity index (χ0) is 11.3. The van der Waals surface area contributed by atoms with Gasteiger partial charge in [-0.25, -0.2) is 0 Å². The maximum absolute atomic E-state index is 3.55. The first-order valence-corrected chi connectivity index (χ1v) is 7.30. The van der Waals surface area contributed by atoms with Gasteiger partial charge in [-0.3, -0.25) is 0 Å². The number of hydrogen-bond acceptors (Lipinski definition) is 2. The summed E-state index contributed by atoms with van der Waals surface area (Å²) in [6.07, 6.45) is 2.39. The first kappa shape index (κ1) is 13.2. The van der Waals surface area contributed by atoms with Gasteiger partial charge in [-0.15, -0.1) is 11.3 Å². The normalized spacial score (nSPS) is 15.2. The molecule has 0 bridgehead atoms.